The van der Waals surface area contributed by atoms with Crippen LogP contribution in [-0.2, 0) is 16.6 Å². The van der Waals surface area contributed by atoms with Gasteiger partial charge in [0, 0.05) is 30.4 Å². The van der Waals surface area contributed by atoms with E-state index in [1.165, 1.54) is 6.08 Å². The maximum Gasteiger partial charge on any atom is 0.308 e. The molecule has 0 aromatic carbocycles. The largest absolute Gasteiger partial charge is 0.481 e. The Bertz CT molecular complexity index is 589. The van der Waals surface area contributed by atoms with Gasteiger partial charge in [-0.1, -0.05) is 6.42 Å². The molecule has 114 valence electrons. The number of hydrogen-bond acceptors (Lipinski definition) is 3. The Balaban J connectivity index is 2.01. The smallest absolute Gasteiger partial charge is 0.308 e. The number of carbonyl (C=O) groups is 2. The van der Waals surface area contributed by atoms with Gasteiger partial charge in [0.1, 0.15) is 0 Å². The first-order valence-electron chi connectivity index (χ1n) is 7.11. The molecule has 0 radical (unpaired) electrons. The molecule has 1 saturated carbocycles. The van der Waals surface area contributed by atoms with E-state index in [-0.39, 0.29) is 11.9 Å². The van der Waals surface area contributed by atoms with Gasteiger partial charge >= 0.3 is 5.97 Å². The molecule has 1 aromatic rings. The first-order valence-corrected chi connectivity index (χ1v) is 7.11. The van der Waals surface area contributed by atoms with Crippen LogP contribution >= 0.6 is 0 Å². The van der Waals surface area contributed by atoms with Crippen LogP contribution in [0.3, 0.4) is 0 Å². The Labute approximate surface area is 123 Å². The molecule has 1 heterocycles. The van der Waals surface area contributed by atoms with Crippen molar-refractivity contribution in [3.63, 3.8) is 0 Å². The molecule has 0 bridgehead atoms. The molecule has 6 heteroatoms. The lowest BCUT2D eigenvalue weighted by atomic mass is 10.0. The Kier molecular flexibility index (Phi) is 4.45. The van der Waals surface area contributed by atoms with Gasteiger partial charge in [-0.3, -0.25) is 14.3 Å². The highest BCUT2D eigenvalue weighted by Crippen LogP contribution is 2.25. The zero-order valence-corrected chi connectivity index (χ0v) is 12.6. The average Bonchev–Trinajstić information content (AvgIpc) is 2.94. The predicted molar refractivity (Wildman–Crippen MR) is 78.6 cm³/mol. The van der Waals surface area contributed by atoms with Crippen LogP contribution in [0.4, 0.5) is 0 Å². The van der Waals surface area contributed by atoms with Crippen LogP contribution in [0.5, 0.6) is 0 Å². The molecular weight excluding hydrogens is 270 g/mol. The van der Waals surface area contributed by atoms with Gasteiger partial charge in [0.25, 0.3) is 0 Å². The van der Waals surface area contributed by atoms with Crippen molar-refractivity contribution in [2.75, 3.05) is 0 Å². The van der Waals surface area contributed by atoms with Crippen LogP contribution in [-0.4, -0.2) is 32.8 Å². The Morgan fingerprint density at radius 3 is 2.67 bits per heavy atom. The molecule has 1 aliphatic carbocycles. The van der Waals surface area contributed by atoms with Crippen molar-refractivity contribution in [1.29, 1.82) is 0 Å². The number of carboxylic acids is 1. The van der Waals surface area contributed by atoms with E-state index < -0.39 is 11.9 Å². The molecule has 0 saturated heterocycles. The highest BCUT2D eigenvalue weighted by molar-refractivity contribution is 5.92. The van der Waals surface area contributed by atoms with E-state index in [1.807, 2.05) is 20.9 Å². The monoisotopic (exact) mass is 291 g/mol. The van der Waals surface area contributed by atoms with Crippen molar-refractivity contribution >= 4 is 18.0 Å². The Hall–Kier alpha value is -2.11. The normalized spacial score (nSPS) is 21.9. The number of carbonyl (C=O) groups excluding carboxylic acids is 1. The average molecular weight is 291 g/mol. The zero-order chi connectivity index (χ0) is 15.6. The van der Waals surface area contributed by atoms with Crippen molar-refractivity contribution in [2.45, 2.75) is 39.2 Å². The zero-order valence-electron chi connectivity index (χ0n) is 12.6. The number of rotatable bonds is 4. The number of hydrogen-bond donors (Lipinski definition) is 2. The van der Waals surface area contributed by atoms with Gasteiger partial charge in [0.2, 0.25) is 5.91 Å². The van der Waals surface area contributed by atoms with Gasteiger partial charge in [0.15, 0.2) is 0 Å². The molecule has 6 nitrogen and oxygen atoms in total. The summed E-state index contributed by atoms with van der Waals surface area (Å²) in [5.74, 6) is -1.55. The molecule has 2 unspecified atom stereocenters. The molecule has 1 amide bonds. The SMILES string of the molecule is Cc1nn(C)c(C)c1C=CC(=O)NC1CCCC1C(=O)O. The molecule has 2 N–H and O–H groups in total. The number of aliphatic carboxylic acids is 1. The lowest BCUT2D eigenvalue weighted by Gasteiger charge is -2.16. The topological polar surface area (TPSA) is 84.2 Å². The minimum absolute atomic E-state index is 0.254. The quantitative estimate of drug-likeness (QED) is 0.822. The fourth-order valence-corrected chi connectivity index (χ4v) is 2.85. The van der Waals surface area contributed by atoms with E-state index in [0.29, 0.717) is 6.42 Å². The van der Waals surface area contributed by atoms with Crippen molar-refractivity contribution in [1.82, 2.24) is 15.1 Å². The van der Waals surface area contributed by atoms with Gasteiger partial charge in [-0.25, -0.2) is 0 Å². The van der Waals surface area contributed by atoms with Crippen molar-refractivity contribution in [2.24, 2.45) is 13.0 Å². The van der Waals surface area contributed by atoms with Crippen molar-refractivity contribution in [3.05, 3.63) is 23.0 Å². The summed E-state index contributed by atoms with van der Waals surface area (Å²) >= 11 is 0. The molecule has 1 aliphatic rings. The van der Waals surface area contributed by atoms with Gasteiger partial charge in [-0.2, -0.15) is 5.10 Å². The van der Waals surface area contributed by atoms with Crippen LogP contribution in [0.15, 0.2) is 6.08 Å². The summed E-state index contributed by atoms with van der Waals surface area (Å²) in [5, 5.41) is 16.2. The molecule has 1 fully saturated rings. The minimum atomic E-state index is -0.833. The molecule has 0 aliphatic heterocycles. The summed E-state index contributed by atoms with van der Waals surface area (Å²) in [5.41, 5.74) is 2.78. The molecule has 2 rings (SSSR count). The van der Waals surface area contributed by atoms with E-state index in [0.717, 1.165) is 29.8 Å². The van der Waals surface area contributed by atoms with Gasteiger partial charge < -0.3 is 10.4 Å². The first-order chi connectivity index (χ1) is 9.90. The van der Waals surface area contributed by atoms with Gasteiger partial charge in [-0.15, -0.1) is 0 Å². The maximum atomic E-state index is 12.0. The van der Waals surface area contributed by atoms with E-state index in [4.69, 9.17) is 5.11 Å². The summed E-state index contributed by atoms with van der Waals surface area (Å²) in [6.07, 6.45) is 5.38. The van der Waals surface area contributed by atoms with E-state index in [1.54, 1.807) is 10.8 Å². The summed E-state index contributed by atoms with van der Waals surface area (Å²) in [7, 11) is 1.86. The third-order valence-corrected chi connectivity index (χ3v) is 4.13. The maximum absolute atomic E-state index is 12.0. The van der Waals surface area contributed by atoms with E-state index in [9.17, 15) is 9.59 Å². The summed E-state index contributed by atoms with van der Waals surface area (Å²) in [6.45, 7) is 3.83. The highest BCUT2D eigenvalue weighted by atomic mass is 16.4. The highest BCUT2D eigenvalue weighted by Gasteiger charge is 2.33. The summed E-state index contributed by atoms with van der Waals surface area (Å²) < 4.78 is 1.77. The summed E-state index contributed by atoms with van der Waals surface area (Å²) in [6, 6.07) is -0.268. The van der Waals surface area contributed by atoms with E-state index >= 15 is 0 Å². The Morgan fingerprint density at radius 2 is 2.10 bits per heavy atom. The number of nitrogens with zero attached hydrogens (tertiary/aromatic N) is 2. The fourth-order valence-electron chi connectivity index (χ4n) is 2.85. The molecule has 21 heavy (non-hydrogen) atoms. The second-order valence-electron chi connectivity index (χ2n) is 5.53. The second-order valence-corrected chi connectivity index (χ2v) is 5.53. The number of aromatic nitrogens is 2. The van der Waals surface area contributed by atoms with Crippen LogP contribution in [0.2, 0.25) is 0 Å². The van der Waals surface area contributed by atoms with Crippen LogP contribution < -0.4 is 5.32 Å². The van der Waals surface area contributed by atoms with Gasteiger partial charge in [0.05, 0.1) is 11.6 Å². The van der Waals surface area contributed by atoms with Crippen LogP contribution in [0.25, 0.3) is 6.08 Å². The van der Waals surface area contributed by atoms with Crippen molar-refractivity contribution in [3.8, 4) is 0 Å². The number of carboxylic acid groups (broad SMARTS) is 1. The van der Waals surface area contributed by atoms with Crippen LogP contribution in [0, 0.1) is 19.8 Å². The van der Waals surface area contributed by atoms with E-state index in [2.05, 4.69) is 10.4 Å². The predicted octanol–water partition coefficient (Wildman–Crippen LogP) is 1.42. The lowest BCUT2D eigenvalue weighted by molar-refractivity contribution is -0.142. The minimum Gasteiger partial charge on any atom is -0.481 e. The third kappa shape index (κ3) is 3.32. The molecule has 0 spiro atoms. The molecule has 1 aromatic heterocycles. The first kappa shape index (κ1) is 15.3. The van der Waals surface area contributed by atoms with Gasteiger partial charge in [-0.05, 0) is 32.8 Å². The van der Waals surface area contributed by atoms with Crippen molar-refractivity contribution < 1.29 is 14.7 Å². The molecule has 2 atom stereocenters. The number of amides is 1. The third-order valence-electron chi connectivity index (χ3n) is 4.13. The Morgan fingerprint density at radius 1 is 1.38 bits per heavy atom. The summed E-state index contributed by atoms with van der Waals surface area (Å²) in [4.78, 5) is 23.0. The fraction of sp³-hybridized carbons (Fsp3) is 0.533. The molecular formula is C15H21N3O3. The second kappa shape index (κ2) is 6.11. The number of nitrogens with one attached hydrogen (secondary N) is 1. The standard InChI is InChI=1S/C15H21N3O3/c1-9-11(10(2)18(3)17-9)7-8-14(19)16-13-6-4-5-12(13)15(20)21/h7-8,12-13H,4-6H2,1-3H3,(H,16,19)(H,20,21). The lowest BCUT2D eigenvalue weighted by Crippen LogP contribution is -2.39. The van der Waals surface area contributed by atoms with Crippen LogP contribution in [0.1, 0.15) is 36.2 Å². The number of aryl methyl sites for hydroxylation is 2.